The lowest BCUT2D eigenvalue weighted by atomic mass is 10.0. The summed E-state index contributed by atoms with van der Waals surface area (Å²) in [7, 11) is 0. The third-order valence-corrected chi connectivity index (χ3v) is 3.53. The van der Waals surface area contributed by atoms with E-state index in [-0.39, 0.29) is 11.9 Å². The van der Waals surface area contributed by atoms with Gasteiger partial charge in [-0.1, -0.05) is 17.7 Å². The molecule has 18 heavy (non-hydrogen) atoms. The number of nitrogens with one attached hydrogen (secondary N) is 1. The number of benzene rings is 1. The van der Waals surface area contributed by atoms with Gasteiger partial charge in [-0.15, -0.1) is 0 Å². The molecule has 1 aliphatic heterocycles. The van der Waals surface area contributed by atoms with Gasteiger partial charge in [0.1, 0.15) is 5.82 Å². The molecule has 0 aliphatic carbocycles. The molecule has 2 rings (SSSR count). The molecule has 1 aromatic carbocycles. The topological polar surface area (TPSA) is 15.3 Å². The van der Waals surface area contributed by atoms with Gasteiger partial charge in [0.25, 0.3) is 0 Å². The third kappa shape index (κ3) is 3.19. The van der Waals surface area contributed by atoms with Gasteiger partial charge in [0.2, 0.25) is 0 Å². The van der Waals surface area contributed by atoms with Crippen LogP contribution in [0.1, 0.15) is 18.0 Å². The molecular formula is C13H17ClF2N2. The summed E-state index contributed by atoms with van der Waals surface area (Å²) in [6, 6.07) is 4.42. The van der Waals surface area contributed by atoms with Crippen LogP contribution in [0.25, 0.3) is 0 Å². The maximum Gasteiger partial charge on any atom is 0.129 e. The zero-order chi connectivity index (χ0) is 13.0. The van der Waals surface area contributed by atoms with E-state index in [0.29, 0.717) is 17.0 Å². The van der Waals surface area contributed by atoms with Gasteiger partial charge in [0.05, 0.1) is 6.67 Å². The fraction of sp³-hybridized carbons (Fsp3) is 0.538. The number of hydrogen-bond acceptors (Lipinski definition) is 2. The second-order valence-electron chi connectivity index (χ2n) is 4.45. The molecule has 2 nitrogen and oxygen atoms in total. The highest BCUT2D eigenvalue weighted by Crippen LogP contribution is 2.28. The molecule has 0 amide bonds. The number of piperazine rings is 1. The summed E-state index contributed by atoms with van der Waals surface area (Å²) in [6.07, 6.45) is 0.318. The van der Waals surface area contributed by atoms with Crippen LogP contribution in [0.4, 0.5) is 8.78 Å². The fourth-order valence-corrected chi connectivity index (χ4v) is 2.56. The highest BCUT2D eigenvalue weighted by molar-refractivity contribution is 6.30. The van der Waals surface area contributed by atoms with E-state index in [9.17, 15) is 8.78 Å². The van der Waals surface area contributed by atoms with Gasteiger partial charge in [-0.2, -0.15) is 0 Å². The molecule has 0 radical (unpaired) electrons. The summed E-state index contributed by atoms with van der Waals surface area (Å²) in [6.45, 7) is 2.89. The van der Waals surface area contributed by atoms with Gasteiger partial charge < -0.3 is 5.32 Å². The fourth-order valence-electron chi connectivity index (χ4n) is 2.40. The Balaban J connectivity index is 2.22. The Bertz CT molecular complexity index is 395. The first kappa shape index (κ1) is 13.7. The second kappa shape index (κ2) is 6.45. The lowest BCUT2D eigenvalue weighted by Crippen LogP contribution is -2.45. The van der Waals surface area contributed by atoms with Crippen molar-refractivity contribution in [1.82, 2.24) is 10.2 Å². The van der Waals surface area contributed by atoms with Crippen LogP contribution >= 0.6 is 11.6 Å². The molecule has 1 aliphatic rings. The van der Waals surface area contributed by atoms with Crippen molar-refractivity contribution in [2.45, 2.75) is 12.5 Å². The van der Waals surface area contributed by atoms with Crippen LogP contribution in [-0.4, -0.2) is 37.8 Å². The number of halogens is 3. The molecule has 0 bridgehead atoms. The molecule has 1 heterocycles. The molecule has 1 fully saturated rings. The van der Waals surface area contributed by atoms with E-state index in [1.165, 1.54) is 6.07 Å². The van der Waals surface area contributed by atoms with Crippen molar-refractivity contribution in [3.8, 4) is 0 Å². The monoisotopic (exact) mass is 274 g/mol. The quantitative estimate of drug-likeness (QED) is 0.908. The van der Waals surface area contributed by atoms with E-state index < -0.39 is 6.67 Å². The Morgan fingerprint density at radius 2 is 2.06 bits per heavy atom. The minimum Gasteiger partial charge on any atom is -0.314 e. The Kier molecular flexibility index (Phi) is 4.92. The van der Waals surface area contributed by atoms with Gasteiger partial charge in [0.15, 0.2) is 0 Å². The van der Waals surface area contributed by atoms with Gasteiger partial charge in [-0.05, 0) is 18.6 Å². The number of alkyl halides is 1. The number of rotatable bonds is 4. The normalized spacial score (nSPS) is 18.8. The van der Waals surface area contributed by atoms with Gasteiger partial charge >= 0.3 is 0 Å². The minimum absolute atomic E-state index is 0.200. The van der Waals surface area contributed by atoms with Crippen molar-refractivity contribution in [3.05, 3.63) is 34.6 Å². The van der Waals surface area contributed by atoms with Gasteiger partial charge in [0, 0.05) is 42.8 Å². The molecule has 0 spiro atoms. The molecule has 0 aromatic heterocycles. The van der Waals surface area contributed by atoms with Crippen molar-refractivity contribution >= 4 is 11.6 Å². The average molecular weight is 275 g/mol. The molecule has 1 aromatic rings. The first-order valence-electron chi connectivity index (χ1n) is 6.18. The van der Waals surface area contributed by atoms with Crippen LogP contribution in [0, 0.1) is 5.82 Å². The van der Waals surface area contributed by atoms with E-state index in [4.69, 9.17) is 11.6 Å². The van der Waals surface area contributed by atoms with Crippen LogP contribution in [0.3, 0.4) is 0 Å². The predicted molar refractivity (Wildman–Crippen MR) is 69.2 cm³/mol. The molecular weight excluding hydrogens is 258 g/mol. The van der Waals surface area contributed by atoms with Crippen LogP contribution in [0.5, 0.6) is 0 Å². The highest BCUT2D eigenvalue weighted by Gasteiger charge is 2.24. The summed E-state index contributed by atoms with van der Waals surface area (Å²) in [5, 5.41) is 3.61. The Morgan fingerprint density at radius 1 is 1.33 bits per heavy atom. The maximum absolute atomic E-state index is 13.9. The van der Waals surface area contributed by atoms with E-state index in [1.807, 2.05) is 0 Å². The zero-order valence-electron chi connectivity index (χ0n) is 10.1. The van der Waals surface area contributed by atoms with Crippen molar-refractivity contribution in [2.75, 3.05) is 32.9 Å². The number of nitrogens with zero attached hydrogens (tertiary/aromatic N) is 1. The molecule has 5 heteroatoms. The minimum atomic E-state index is -0.448. The summed E-state index contributed by atoms with van der Waals surface area (Å²) in [5.41, 5.74) is 0.541. The van der Waals surface area contributed by atoms with Crippen molar-refractivity contribution < 1.29 is 8.78 Å². The SMILES string of the molecule is FCC[C@@H](c1ccc(Cl)cc1F)N1CCNCC1. The largest absolute Gasteiger partial charge is 0.314 e. The lowest BCUT2D eigenvalue weighted by molar-refractivity contribution is 0.154. The summed E-state index contributed by atoms with van der Waals surface area (Å²) in [4.78, 5) is 2.13. The van der Waals surface area contributed by atoms with E-state index >= 15 is 0 Å². The zero-order valence-corrected chi connectivity index (χ0v) is 10.9. The van der Waals surface area contributed by atoms with Crippen LogP contribution in [-0.2, 0) is 0 Å². The Labute approximate surface area is 111 Å². The van der Waals surface area contributed by atoms with Crippen LogP contribution in [0.2, 0.25) is 5.02 Å². The average Bonchev–Trinajstić information content (AvgIpc) is 2.38. The van der Waals surface area contributed by atoms with Crippen molar-refractivity contribution in [1.29, 1.82) is 0 Å². The Morgan fingerprint density at radius 3 is 2.67 bits per heavy atom. The molecule has 1 saturated heterocycles. The smallest absolute Gasteiger partial charge is 0.129 e. The van der Waals surface area contributed by atoms with Crippen LogP contribution < -0.4 is 5.32 Å². The lowest BCUT2D eigenvalue weighted by Gasteiger charge is -2.35. The molecule has 0 saturated carbocycles. The van der Waals surface area contributed by atoms with Gasteiger partial charge in [-0.25, -0.2) is 4.39 Å². The summed E-state index contributed by atoms with van der Waals surface area (Å²) >= 11 is 5.75. The molecule has 1 atom stereocenters. The maximum atomic E-state index is 13.9. The molecule has 1 N–H and O–H groups in total. The standard InChI is InChI=1S/C13H17ClF2N2/c14-10-1-2-11(12(16)9-10)13(3-4-15)18-7-5-17-6-8-18/h1-2,9,13,17H,3-8H2/t13-/m0/s1. The Hall–Kier alpha value is -0.710. The first-order chi connectivity index (χ1) is 8.72. The van der Waals surface area contributed by atoms with Crippen molar-refractivity contribution in [3.63, 3.8) is 0 Å². The van der Waals surface area contributed by atoms with E-state index in [0.717, 1.165) is 26.2 Å². The molecule has 0 unspecified atom stereocenters. The van der Waals surface area contributed by atoms with Gasteiger partial charge in [-0.3, -0.25) is 9.29 Å². The van der Waals surface area contributed by atoms with Crippen LogP contribution in [0.15, 0.2) is 18.2 Å². The van der Waals surface area contributed by atoms with E-state index in [1.54, 1.807) is 12.1 Å². The third-order valence-electron chi connectivity index (χ3n) is 3.30. The van der Waals surface area contributed by atoms with E-state index in [2.05, 4.69) is 10.2 Å². The molecule has 100 valence electrons. The number of hydrogen-bond donors (Lipinski definition) is 1. The summed E-state index contributed by atoms with van der Waals surface area (Å²) < 4.78 is 26.6. The first-order valence-corrected chi connectivity index (χ1v) is 6.56. The second-order valence-corrected chi connectivity index (χ2v) is 4.88. The van der Waals surface area contributed by atoms with Crippen molar-refractivity contribution in [2.24, 2.45) is 0 Å². The highest BCUT2D eigenvalue weighted by atomic mass is 35.5. The summed E-state index contributed by atoms with van der Waals surface area (Å²) in [5.74, 6) is -0.348. The predicted octanol–water partition coefficient (Wildman–Crippen LogP) is 2.79.